The fourth-order valence-electron chi connectivity index (χ4n) is 1.22. The van der Waals surface area contributed by atoms with Crippen LogP contribution in [0.3, 0.4) is 0 Å². The van der Waals surface area contributed by atoms with E-state index in [4.69, 9.17) is 17.0 Å². The second-order valence-corrected chi connectivity index (χ2v) is 3.70. The van der Waals surface area contributed by atoms with Gasteiger partial charge in [0.1, 0.15) is 0 Å². The molecule has 0 aliphatic heterocycles. The molecule has 0 aliphatic rings. The predicted octanol–water partition coefficient (Wildman–Crippen LogP) is 0.737. The lowest BCUT2D eigenvalue weighted by atomic mass is 10.1. The standard InChI is InChI=1S/C10H12N4O4S/c1-11-10(19)13-12-5-6-3-8(15)9(18-2)4-7(6)14(16)17/h3-5,15H,1-2H3,(H2,11,13,19)/b12-5+. The maximum Gasteiger partial charge on any atom is 0.282 e. The zero-order valence-corrected chi connectivity index (χ0v) is 11.0. The fraction of sp³-hybridized carbons (Fsp3) is 0.200. The van der Waals surface area contributed by atoms with Gasteiger partial charge in [0.25, 0.3) is 5.69 Å². The Morgan fingerprint density at radius 3 is 2.84 bits per heavy atom. The molecule has 1 aromatic rings. The molecule has 0 saturated heterocycles. The maximum absolute atomic E-state index is 10.9. The first kappa shape index (κ1) is 14.6. The van der Waals surface area contributed by atoms with E-state index in [2.05, 4.69) is 15.8 Å². The first-order chi connectivity index (χ1) is 8.99. The first-order valence-electron chi connectivity index (χ1n) is 5.05. The Balaban J connectivity index is 3.08. The zero-order valence-electron chi connectivity index (χ0n) is 10.2. The summed E-state index contributed by atoms with van der Waals surface area (Å²) in [4.78, 5) is 10.3. The number of rotatable bonds is 4. The highest BCUT2D eigenvalue weighted by atomic mass is 32.1. The number of thiocarbonyl (C=S) groups is 1. The largest absolute Gasteiger partial charge is 0.504 e. The Hall–Kier alpha value is -2.42. The van der Waals surface area contributed by atoms with Gasteiger partial charge in [-0.15, -0.1) is 0 Å². The number of hydrogen-bond donors (Lipinski definition) is 3. The van der Waals surface area contributed by atoms with Crippen LogP contribution in [-0.2, 0) is 0 Å². The zero-order chi connectivity index (χ0) is 14.4. The van der Waals surface area contributed by atoms with Crippen LogP contribution in [0.4, 0.5) is 5.69 Å². The van der Waals surface area contributed by atoms with E-state index in [1.165, 1.54) is 19.4 Å². The second-order valence-electron chi connectivity index (χ2n) is 3.29. The lowest BCUT2D eigenvalue weighted by molar-refractivity contribution is -0.385. The molecule has 3 N–H and O–H groups in total. The van der Waals surface area contributed by atoms with Gasteiger partial charge in [-0.1, -0.05) is 0 Å². The Labute approximate surface area is 114 Å². The Bertz CT molecular complexity index is 533. The van der Waals surface area contributed by atoms with Crippen LogP contribution in [0.25, 0.3) is 0 Å². The highest BCUT2D eigenvalue weighted by Crippen LogP contribution is 2.32. The van der Waals surface area contributed by atoms with E-state index in [1.807, 2.05) is 0 Å². The number of ether oxygens (including phenoxy) is 1. The van der Waals surface area contributed by atoms with Crippen molar-refractivity contribution in [1.29, 1.82) is 0 Å². The van der Waals surface area contributed by atoms with Crippen molar-refractivity contribution in [3.05, 3.63) is 27.8 Å². The fourth-order valence-corrected chi connectivity index (χ4v) is 1.27. The molecule has 9 heteroatoms. The van der Waals surface area contributed by atoms with Crippen LogP contribution in [0.5, 0.6) is 11.5 Å². The van der Waals surface area contributed by atoms with Gasteiger partial charge in [0, 0.05) is 7.05 Å². The molecule has 1 aromatic carbocycles. The molecule has 8 nitrogen and oxygen atoms in total. The number of methoxy groups -OCH3 is 1. The highest BCUT2D eigenvalue weighted by molar-refractivity contribution is 7.80. The van der Waals surface area contributed by atoms with E-state index in [-0.39, 0.29) is 27.9 Å². The number of nitrogens with one attached hydrogen (secondary N) is 2. The van der Waals surface area contributed by atoms with Crippen molar-refractivity contribution in [3.8, 4) is 11.5 Å². The third-order valence-electron chi connectivity index (χ3n) is 2.12. The van der Waals surface area contributed by atoms with E-state index in [0.717, 1.165) is 6.07 Å². The molecule has 19 heavy (non-hydrogen) atoms. The smallest absolute Gasteiger partial charge is 0.282 e. The summed E-state index contributed by atoms with van der Waals surface area (Å²) in [6, 6.07) is 2.30. The predicted molar refractivity (Wildman–Crippen MR) is 73.7 cm³/mol. The van der Waals surface area contributed by atoms with Crippen LogP contribution in [0.15, 0.2) is 17.2 Å². The molecule has 0 unspecified atom stereocenters. The van der Waals surface area contributed by atoms with Crippen molar-refractivity contribution < 1.29 is 14.8 Å². The third kappa shape index (κ3) is 3.78. The molecule has 102 valence electrons. The second kappa shape index (κ2) is 6.50. The average Bonchev–Trinajstić information content (AvgIpc) is 2.38. The lowest BCUT2D eigenvalue weighted by Gasteiger charge is -2.05. The molecule has 0 amide bonds. The van der Waals surface area contributed by atoms with E-state index >= 15 is 0 Å². The van der Waals surface area contributed by atoms with Gasteiger partial charge >= 0.3 is 0 Å². The minimum atomic E-state index is -0.598. The van der Waals surface area contributed by atoms with Crippen molar-refractivity contribution in [3.63, 3.8) is 0 Å². The number of nitro benzene ring substituents is 1. The van der Waals surface area contributed by atoms with Gasteiger partial charge in [0.05, 0.1) is 29.9 Å². The molecule has 0 aromatic heterocycles. The van der Waals surface area contributed by atoms with Gasteiger partial charge in [-0.05, 0) is 18.3 Å². The molecule has 0 aliphatic carbocycles. The van der Waals surface area contributed by atoms with Crippen LogP contribution in [-0.4, -0.2) is 35.5 Å². The summed E-state index contributed by atoms with van der Waals surface area (Å²) in [5.74, 6) is -0.201. The van der Waals surface area contributed by atoms with Gasteiger partial charge in [-0.25, -0.2) is 0 Å². The maximum atomic E-state index is 10.9. The van der Waals surface area contributed by atoms with Crippen LogP contribution in [0, 0.1) is 10.1 Å². The number of hydrogen-bond acceptors (Lipinski definition) is 6. The Morgan fingerprint density at radius 1 is 1.63 bits per heavy atom. The summed E-state index contributed by atoms with van der Waals surface area (Å²) < 4.78 is 4.81. The van der Waals surface area contributed by atoms with Crippen molar-refractivity contribution >= 4 is 29.2 Å². The highest BCUT2D eigenvalue weighted by Gasteiger charge is 2.17. The van der Waals surface area contributed by atoms with E-state index in [1.54, 1.807) is 7.05 Å². The van der Waals surface area contributed by atoms with Crippen LogP contribution in [0.1, 0.15) is 5.56 Å². The molecule has 1 rings (SSSR count). The molecule has 0 bridgehead atoms. The Morgan fingerprint density at radius 2 is 2.32 bits per heavy atom. The van der Waals surface area contributed by atoms with Crippen molar-refractivity contribution in [2.24, 2.45) is 5.10 Å². The number of hydrazone groups is 1. The van der Waals surface area contributed by atoms with Gasteiger partial charge in [0.2, 0.25) is 0 Å². The minimum absolute atomic E-state index is 0.0163. The summed E-state index contributed by atoms with van der Waals surface area (Å²) >= 11 is 4.78. The quantitative estimate of drug-likeness (QED) is 0.324. The summed E-state index contributed by atoms with van der Waals surface area (Å²) in [6.07, 6.45) is 1.18. The van der Waals surface area contributed by atoms with Gasteiger partial charge in [0.15, 0.2) is 16.6 Å². The molecular weight excluding hydrogens is 272 g/mol. The number of phenolic OH excluding ortho intramolecular Hbond substituents is 1. The van der Waals surface area contributed by atoms with Gasteiger partial charge < -0.3 is 15.2 Å². The first-order valence-corrected chi connectivity index (χ1v) is 5.46. The van der Waals surface area contributed by atoms with Gasteiger partial charge in [-0.2, -0.15) is 5.10 Å². The van der Waals surface area contributed by atoms with Crippen molar-refractivity contribution in [2.45, 2.75) is 0 Å². The van der Waals surface area contributed by atoms with Crippen molar-refractivity contribution in [2.75, 3.05) is 14.2 Å². The lowest BCUT2D eigenvalue weighted by Crippen LogP contribution is -2.28. The van der Waals surface area contributed by atoms with Crippen molar-refractivity contribution in [1.82, 2.24) is 10.7 Å². The minimum Gasteiger partial charge on any atom is -0.504 e. The molecule has 0 atom stereocenters. The number of benzene rings is 1. The number of phenols is 1. The normalized spacial score (nSPS) is 10.2. The van der Waals surface area contributed by atoms with E-state index in [0.29, 0.717) is 0 Å². The van der Waals surface area contributed by atoms with Gasteiger partial charge in [-0.3, -0.25) is 15.5 Å². The summed E-state index contributed by atoms with van der Waals surface area (Å²) in [6.45, 7) is 0. The Kier molecular flexibility index (Phi) is 5.01. The van der Waals surface area contributed by atoms with E-state index < -0.39 is 4.92 Å². The SMILES string of the molecule is CNC(=S)N/N=C/c1cc(O)c(OC)cc1[N+](=O)[O-]. The number of nitrogens with zero attached hydrogens (tertiary/aromatic N) is 2. The van der Waals surface area contributed by atoms with Crippen LogP contribution in [0.2, 0.25) is 0 Å². The summed E-state index contributed by atoms with van der Waals surface area (Å²) in [5, 5.41) is 27.1. The molecule has 0 heterocycles. The van der Waals surface area contributed by atoms with Crippen LogP contribution >= 0.6 is 12.2 Å². The summed E-state index contributed by atoms with van der Waals surface area (Å²) in [7, 11) is 2.91. The molecule has 0 fully saturated rings. The van der Waals surface area contributed by atoms with E-state index in [9.17, 15) is 15.2 Å². The number of aromatic hydroxyl groups is 1. The van der Waals surface area contributed by atoms with Crippen LogP contribution < -0.4 is 15.5 Å². The third-order valence-corrected chi connectivity index (χ3v) is 2.42. The molecular formula is C10H12N4O4S. The topological polar surface area (TPSA) is 109 Å². The monoisotopic (exact) mass is 284 g/mol. The molecule has 0 radical (unpaired) electrons. The summed E-state index contributed by atoms with van der Waals surface area (Å²) in [5.41, 5.74) is 2.33. The molecule has 0 spiro atoms. The molecule has 0 saturated carbocycles. The number of nitro groups is 1. The average molecular weight is 284 g/mol.